The number of methoxy groups -OCH3 is 1. The maximum atomic E-state index is 5.68. The lowest BCUT2D eigenvalue weighted by Crippen LogP contribution is -2.15. The first-order valence-corrected chi connectivity index (χ1v) is 3.88. The van der Waals surface area contributed by atoms with Crippen molar-refractivity contribution in [2.45, 2.75) is 0 Å². The van der Waals surface area contributed by atoms with Gasteiger partial charge in [0.15, 0.2) is 5.82 Å². The zero-order valence-corrected chi connectivity index (χ0v) is 7.45. The molecule has 0 fully saturated rings. The van der Waals surface area contributed by atoms with Crippen LogP contribution in [0.4, 0.5) is 11.5 Å². The molecule has 0 aromatic carbocycles. The number of nitrogen functional groups attached to an aromatic ring is 1. The van der Waals surface area contributed by atoms with E-state index in [0.717, 1.165) is 0 Å². The first-order chi connectivity index (χ1) is 6.29. The van der Waals surface area contributed by atoms with Crippen molar-refractivity contribution in [2.24, 2.45) is 5.73 Å². The van der Waals surface area contributed by atoms with E-state index in [4.69, 9.17) is 16.2 Å². The van der Waals surface area contributed by atoms with Crippen LogP contribution in [0.3, 0.4) is 0 Å². The van der Waals surface area contributed by atoms with Gasteiger partial charge in [-0.15, -0.1) is 0 Å². The van der Waals surface area contributed by atoms with Gasteiger partial charge in [-0.3, -0.25) is 0 Å². The standard InChI is InChI=1S/C7H13N5O/c1-13-7-5(9)6(10-3-2-8)11-4-12-7/h4H,2-3,8-9H2,1H3,(H,10,11,12). The van der Waals surface area contributed by atoms with Crippen molar-refractivity contribution >= 4 is 11.5 Å². The lowest BCUT2D eigenvalue weighted by molar-refractivity contribution is 0.399. The minimum atomic E-state index is 0.370. The number of hydrogen-bond acceptors (Lipinski definition) is 6. The molecule has 6 heteroatoms. The van der Waals surface area contributed by atoms with E-state index in [-0.39, 0.29) is 0 Å². The van der Waals surface area contributed by atoms with E-state index in [0.29, 0.717) is 30.5 Å². The monoisotopic (exact) mass is 183 g/mol. The molecule has 1 aromatic rings. The van der Waals surface area contributed by atoms with Gasteiger partial charge in [-0.1, -0.05) is 0 Å². The molecular formula is C7H13N5O. The van der Waals surface area contributed by atoms with E-state index in [2.05, 4.69) is 15.3 Å². The van der Waals surface area contributed by atoms with Crippen LogP contribution >= 0.6 is 0 Å². The van der Waals surface area contributed by atoms with Gasteiger partial charge in [0.2, 0.25) is 5.88 Å². The Hall–Kier alpha value is -1.56. The van der Waals surface area contributed by atoms with E-state index < -0.39 is 0 Å². The van der Waals surface area contributed by atoms with Crippen LogP contribution in [0.5, 0.6) is 5.88 Å². The molecule has 0 spiro atoms. The van der Waals surface area contributed by atoms with Crippen molar-refractivity contribution in [1.29, 1.82) is 0 Å². The molecule has 0 aliphatic carbocycles. The van der Waals surface area contributed by atoms with E-state index >= 15 is 0 Å². The fourth-order valence-corrected chi connectivity index (χ4v) is 0.874. The zero-order valence-electron chi connectivity index (χ0n) is 7.45. The molecule has 0 amide bonds. The Kier molecular flexibility index (Phi) is 3.27. The zero-order chi connectivity index (χ0) is 9.68. The van der Waals surface area contributed by atoms with Gasteiger partial charge in [-0.25, -0.2) is 4.98 Å². The molecular weight excluding hydrogens is 170 g/mol. The Morgan fingerprint density at radius 1 is 1.54 bits per heavy atom. The number of rotatable bonds is 4. The van der Waals surface area contributed by atoms with Gasteiger partial charge in [-0.05, 0) is 0 Å². The summed E-state index contributed by atoms with van der Waals surface area (Å²) >= 11 is 0. The second-order valence-electron chi connectivity index (χ2n) is 2.36. The molecule has 1 aromatic heterocycles. The van der Waals surface area contributed by atoms with Crippen molar-refractivity contribution in [2.75, 3.05) is 31.2 Å². The molecule has 72 valence electrons. The maximum Gasteiger partial charge on any atom is 0.242 e. The van der Waals surface area contributed by atoms with Gasteiger partial charge < -0.3 is 21.5 Å². The molecule has 0 bridgehead atoms. The van der Waals surface area contributed by atoms with Crippen LogP contribution in [0.15, 0.2) is 6.33 Å². The predicted molar refractivity (Wildman–Crippen MR) is 50.5 cm³/mol. The summed E-state index contributed by atoms with van der Waals surface area (Å²) in [4.78, 5) is 7.78. The molecule has 0 unspecified atom stereocenters. The summed E-state index contributed by atoms with van der Waals surface area (Å²) in [6.45, 7) is 1.14. The number of nitrogens with two attached hydrogens (primary N) is 2. The first-order valence-electron chi connectivity index (χ1n) is 3.88. The van der Waals surface area contributed by atoms with Gasteiger partial charge >= 0.3 is 0 Å². The second-order valence-corrected chi connectivity index (χ2v) is 2.36. The van der Waals surface area contributed by atoms with Crippen LogP contribution in [0, 0.1) is 0 Å². The van der Waals surface area contributed by atoms with Crippen molar-refractivity contribution < 1.29 is 4.74 Å². The van der Waals surface area contributed by atoms with Crippen LogP contribution in [-0.4, -0.2) is 30.2 Å². The number of anilines is 2. The molecule has 0 saturated heterocycles. The maximum absolute atomic E-state index is 5.68. The van der Waals surface area contributed by atoms with E-state index in [9.17, 15) is 0 Å². The molecule has 0 atom stereocenters. The number of nitrogens with one attached hydrogen (secondary N) is 1. The highest BCUT2D eigenvalue weighted by Gasteiger charge is 2.06. The second kappa shape index (κ2) is 4.46. The third-order valence-electron chi connectivity index (χ3n) is 1.48. The minimum absolute atomic E-state index is 0.370. The Morgan fingerprint density at radius 2 is 2.31 bits per heavy atom. The summed E-state index contributed by atoms with van der Waals surface area (Å²) in [7, 11) is 1.51. The highest BCUT2D eigenvalue weighted by Crippen LogP contribution is 2.23. The number of ether oxygens (including phenoxy) is 1. The van der Waals surface area contributed by atoms with Gasteiger partial charge in [0, 0.05) is 13.1 Å². The fourth-order valence-electron chi connectivity index (χ4n) is 0.874. The minimum Gasteiger partial charge on any atom is -0.479 e. The summed E-state index contributed by atoms with van der Waals surface area (Å²) in [5, 5.41) is 2.96. The van der Waals surface area contributed by atoms with Crippen molar-refractivity contribution in [3.05, 3.63) is 6.33 Å². The molecule has 0 aliphatic heterocycles. The van der Waals surface area contributed by atoms with E-state index in [1.165, 1.54) is 13.4 Å². The largest absolute Gasteiger partial charge is 0.479 e. The van der Waals surface area contributed by atoms with Crippen LogP contribution < -0.4 is 21.5 Å². The van der Waals surface area contributed by atoms with Gasteiger partial charge in [0.1, 0.15) is 12.0 Å². The molecule has 6 nitrogen and oxygen atoms in total. The quantitative estimate of drug-likeness (QED) is 0.578. The predicted octanol–water partition coefficient (Wildman–Crippen LogP) is -0.562. The number of hydrogen-bond donors (Lipinski definition) is 3. The highest BCUT2D eigenvalue weighted by molar-refractivity contribution is 5.66. The topological polar surface area (TPSA) is 99.1 Å². The SMILES string of the molecule is COc1ncnc(NCCN)c1N. The van der Waals surface area contributed by atoms with Crippen molar-refractivity contribution in [1.82, 2.24) is 9.97 Å². The summed E-state index contributed by atoms with van der Waals surface area (Å²) in [5.74, 6) is 0.923. The van der Waals surface area contributed by atoms with Gasteiger partial charge in [0.05, 0.1) is 7.11 Å². The molecule has 13 heavy (non-hydrogen) atoms. The molecule has 0 radical (unpaired) electrons. The molecule has 0 aliphatic rings. The van der Waals surface area contributed by atoms with Crippen LogP contribution in [-0.2, 0) is 0 Å². The highest BCUT2D eigenvalue weighted by atomic mass is 16.5. The van der Waals surface area contributed by atoms with E-state index in [1.54, 1.807) is 0 Å². The van der Waals surface area contributed by atoms with Crippen molar-refractivity contribution in [3.8, 4) is 5.88 Å². The molecule has 1 heterocycles. The average molecular weight is 183 g/mol. The molecule has 5 N–H and O–H groups in total. The van der Waals surface area contributed by atoms with Crippen molar-refractivity contribution in [3.63, 3.8) is 0 Å². The molecule has 1 rings (SSSR count). The Bertz CT molecular complexity index is 278. The third kappa shape index (κ3) is 2.19. The van der Waals surface area contributed by atoms with Crippen LogP contribution in [0.2, 0.25) is 0 Å². The van der Waals surface area contributed by atoms with Crippen LogP contribution in [0.1, 0.15) is 0 Å². The molecule has 0 saturated carbocycles. The Labute approximate surface area is 76.3 Å². The normalized spacial score (nSPS) is 9.69. The lowest BCUT2D eigenvalue weighted by Gasteiger charge is -2.08. The van der Waals surface area contributed by atoms with Gasteiger partial charge in [-0.2, -0.15) is 4.98 Å². The summed E-state index contributed by atoms with van der Waals surface area (Å²) < 4.78 is 4.92. The summed E-state index contributed by atoms with van der Waals surface area (Å²) in [6.07, 6.45) is 1.38. The smallest absolute Gasteiger partial charge is 0.242 e. The Morgan fingerprint density at radius 3 is 2.92 bits per heavy atom. The summed E-state index contributed by atoms with van der Waals surface area (Å²) in [5.41, 5.74) is 11.4. The number of nitrogens with zero attached hydrogens (tertiary/aromatic N) is 2. The summed E-state index contributed by atoms with van der Waals surface area (Å²) in [6, 6.07) is 0. The first kappa shape index (κ1) is 9.53. The number of aromatic nitrogens is 2. The Balaban J connectivity index is 2.81. The third-order valence-corrected chi connectivity index (χ3v) is 1.48. The average Bonchev–Trinajstić information content (AvgIpc) is 2.16. The lowest BCUT2D eigenvalue weighted by atomic mass is 10.4. The van der Waals surface area contributed by atoms with Crippen LogP contribution in [0.25, 0.3) is 0 Å². The fraction of sp³-hybridized carbons (Fsp3) is 0.429. The van der Waals surface area contributed by atoms with Gasteiger partial charge in [0.25, 0.3) is 0 Å². The van der Waals surface area contributed by atoms with E-state index in [1.807, 2.05) is 0 Å².